The van der Waals surface area contributed by atoms with Gasteiger partial charge in [-0.25, -0.2) is 4.79 Å². The van der Waals surface area contributed by atoms with Crippen LogP contribution in [0.2, 0.25) is 0 Å². The Morgan fingerprint density at radius 2 is 1.94 bits per heavy atom. The number of hydrogen-bond donors (Lipinski definition) is 3. The van der Waals surface area contributed by atoms with Crippen LogP contribution in [0.3, 0.4) is 0 Å². The molecule has 0 aromatic rings. The molecule has 1 saturated heterocycles. The lowest BCUT2D eigenvalue weighted by Crippen LogP contribution is -2.39. The third-order valence-electron chi connectivity index (χ3n) is 3.52. The molecule has 0 radical (unpaired) electrons. The lowest BCUT2D eigenvalue weighted by Gasteiger charge is -2.15. The fourth-order valence-corrected chi connectivity index (χ4v) is 1.97. The van der Waals surface area contributed by atoms with Gasteiger partial charge in [0.1, 0.15) is 6.10 Å². The predicted octanol–water partition coefficient (Wildman–Crippen LogP) is -0.493. The van der Waals surface area contributed by atoms with Crippen molar-refractivity contribution in [1.29, 1.82) is 0 Å². The van der Waals surface area contributed by atoms with Gasteiger partial charge in [-0.05, 0) is 25.7 Å². The van der Waals surface area contributed by atoms with Crippen LogP contribution >= 0.6 is 0 Å². The Bertz CT molecular complexity index is 326. The van der Waals surface area contributed by atoms with Crippen molar-refractivity contribution < 1.29 is 24.5 Å². The summed E-state index contributed by atoms with van der Waals surface area (Å²) in [6.45, 7) is 0.524. The Labute approximate surface area is 99.0 Å². The van der Waals surface area contributed by atoms with E-state index in [2.05, 4.69) is 5.32 Å². The van der Waals surface area contributed by atoms with Crippen molar-refractivity contribution in [2.24, 2.45) is 5.41 Å². The molecular weight excluding hydrogens is 226 g/mol. The van der Waals surface area contributed by atoms with Gasteiger partial charge in [-0.3, -0.25) is 4.79 Å². The highest BCUT2D eigenvalue weighted by Gasteiger charge is 2.43. The molecule has 6 nitrogen and oxygen atoms in total. The molecule has 1 amide bonds. The first kappa shape index (κ1) is 12.3. The molecule has 2 rings (SSSR count). The predicted molar refractivity (Wildman–Crippen MR) is 57.3 cm³/mol. The van der Waals surface area contributed by atoms with E-state index in [0.717, 1.165) is 12.8 Å². The molecule has 96 valence electrons. The van der Waals surface area contributed by atoms with E-state index in [4.69, 9.17) is 14.9 Å². The summed E-state index contributed by atoms with van der Waals surface area (Å²) in [5.74, 6) is -1.29. The smallest absolute Gasteiger partial charge is 0.332 e. The first-order valence-corrected chi connectivity index (χ1v) is 5.83. The van der Waals surface area contributed by atoms with Crippen LogP contribution in [-0.2, 0) is 14.3 Å². The monoisotopic (exact) mass is 243 g/mol. The SMILES string of the molecule is O=C(O)C1CCC(C(=O)NCC2(CO)CC2)O1. The maximum atomic E-state index is 11.7. The number of carboxylic acid groups (broad SMARTS) is 1. The lowest BCUT2D eigenvalue weighted by molar-refractivity contribution is -0.151. The van der Waals surface area contributed by atoms with Gasteiger partial charge in [-0.1, -0.05) is 0 Å². The summed E-state index contributed by atoms with van der Waals surface area (Å²) in [5.41, 5.74) is -0.138. The number of carbonyl (C=O) groups is 2. The number of hydrogen-bond acceptors (Lipinski definition) is 4. The first-order chi connectivity index (χ1) is 8.06. The average Bonchev–Trinajstić information content (AvgIpc) is 2.92. The van der Waals surface area contributed by atoms with Crippen molar-refractivity contribution in [2.45, 2.75) is 37.9 Å². The number of nitrogens with one attached hydrogen (secondary N) is 1. The van der Waals surface area contributed by atoms with Crippen LogP contribution in [0.5, 0.6) is 0 Å². The van der Waals surface area contributed by atoms with Gasteiger partial charge in [0, 0.05) is 12.0 Å². The molecule has 3 N–H and O–H groups in total. The molecule has 6 heteroatoms. The van der Waals surface area contributed by atoms with Crippen molar-refractivity contribution in [1.82, 2.24) is 5.32 Å². The van der Waals surface area contributed by atoms with E-state index in [-0.39, 0.29) is 17.9 Å². The summed E-state index contributed by atoms with van der Waals surface area (Å²) < 4.78 is 5.13. The van der Waals surface area contributed by atoms with Crippen LogP contribution in [0.1, 0.15) is 25.7 Å². The summed E-state index contributed by atoms with van der Waals surface area (Å²) in [6.07, 6.45) is 1.14. The summed E-state index contributed by atoms with van der Waals surface area (Å²) >= 11 is 0. The molecule has 1 aliphatic heterocycles. The molecule has 0 aromatic heterocycles. The molecule has 2 unspecified atom stereocenters. The van der Waals surface area contributed by atoms with E-state index in [0.29, 0.717) is 19.4 Å². The van der Waals surface area contributed by atoms with E-state index in [9.17, 15) is 9.59 Å². The Hall–Kier alpha value is -1.14. The second-order valence-electron chi connectivity index (χ2n) is 4.90. The zero-order chi connectivity index (χ0) is 12.5. The van der Waals surface area contributed by atoms with E-state index in [1.807, 2.05) is 0 Å². The van der Waals surface area contributed by atoms with E-state index >= 15 is 0 Å². The number of rotatable bonds is 5. The van der Waals surface area contributed by atoms with Gasteiger partial charge in [-0.2, -0.15) is 0 Å². The largest absolute Gasteiger partial charge is 0.479 e. The molecule has 17 heavy (non-hydrogen) atoms. The molecule has 0 spiro atoms. The van der Waals surface area contributed by atoms with Crippen LogP contribution < -0.4 is 5.32 Å². The highest BCUT2D eigenvalue weighted by molar-refractivity contribution is 5.82. The Balaban J connectivity index is 1.76. The molecule has 2 fully saturated rings. The molecule has 0 bridgehead atoms. The van der Waals surface area contributed by atoms with Crippen molar-refractivity contribution >= 4 is 11.9 Å². The minimum absolute atomic E-state index is 0.0799. The van der Waals surface area contributed by atoms with Gasteiger partial charge in [0.05, 0.1) is 6.61 Å². The molecule has 1 aliphatic carbocycles. The van der Waals surface area contributed by atoms with Crippen LogP contribution in [0.4, 0.5) is 0 Å². The fraction of sp³-hybridized carbons (Fsp3) is 0.818. The molecule has 1 saturated carbocycles. The summed E-state index contributed by atoms with van der Waals surface area (Å²) in [6, 6.07) is 0. The molecular formula is C11H17NO5. The Morgan fingerprint density at radius 3 is 2.41 bits per heavy atom. The van der Waals surface area contributed by atoms with Crippen LogP contribution in [0.25, 0.3) is 0 Å². The lowest BCUT2D eigenvalue weighted by atomic mass is 10.1. The summed E-state index contributed by atoms with van der Waals surface area (Å²) in [7, 11) is 0. The molecule has 1 heterocycles. The second kappa shape index (κ2) is 4.62. The summed E-state index contributed by atoms with van der Waals surface area (Å²) in [4.78, 5) is 22.3. The highest BCUT2D eigenvalue weighted by atomic mass is 16.5. The minimum Gasteiger partial charge on any atom is -0.479 e. The highest BCUT2D eigenvalue weighted by Crippen LogP contribution is 2.44. The average molecular weight is 243 g/mol. The molecule has 0 aromatic carbocycles. The van der Waals surface area contributed by atoms with E-state index in [1.165, 1.54) is 0 Å². The van der Waals surface area contributed by atoms with Gasteiger partial charge in [0.2, 0.25) is 5.91 Å². The molecule has 2 aliphatic rings. The number of ether oxygens (including phenoxy) is 1. The molecule has 2 atom stereocenters. The van der Waals surface area contributed by atoms with Crippen LogP contribution in [0, 0.1) is 5.41 Å². The van der Waals surface area contributed by atoms with Crippen molar-refractivity contribution in [3.05, 3.63) is 0 Å². The number of amides is 1. The van der Waals surface area contributed by atoms with Crippen LogP contribution in [0.15, 0.2) is 0 Å². The van der Waals surface area contributed by atoms with Crippen molar-refractivity contribution in [3.63, 3.8) is 0 Å². The van der Waals surface area contributed by atoms with Crippen molar-refractivity contribution in [3.8, 4) is 0 Å². The Morgan fingerprint density at radius 1 is 1.29 bits per heavy atom. The fourth-order valence-electron chi connectivity index (χ4n) is 1.97. The van der Waals surface area contributed by atoms with Gasteiger partial charge in [0.15, 0.2) is 6.10 Å². The third kappa shape index (κ3) is 2.76. The number of aliphatic carboxylic acids is 1. The van der Waals surface area contributed by atoms with E-state index < -0.39 is 18.2 Å². The number of aliphatic hydroxyl groups excluding tert-OH is 1. The quantitative estimate of drug-likeness (QED) is 0.605. The summed E-state index contributed by atoms with van der Waals surface area (Å²) in [5, 5.41) is 20.5. The zero-order valence-electron chi connectivity index (χ0n) is 9.52. The number of aliphatic hydroxyl groups is 1. The Kier molecular flexibility index (Phi) is 3.35. The first-order valence-electron chi connectivity index (χ1n) is 5.83. The maximum Gasteiger partial charge on any atom is 0.332 e. The zero-order valence-corrected chi connectivity index (χ0v) is 9.52. The van der Waals surface area contributed by atoms with Gasteiger partial charge in [0.25, 0.3) is 0 Å². The second-order valence-corrected chi connectivity index (χ2v) is 4.90. The standard InChI is InChI=1S/C11H17NO5/c13-6-11(3-4-11)5-12-9(14)7-1-2-8(17-7)10(15)16/h7-8,13H,1-6H2,(H,12,14)(H,15,16). The third-order valence-corrected chi connectivity index (χ3v) is 3.52. The van der Waals surface area contributed by atoms with E-state index in [1.54, 1.807) is 0 Å². The topological polar surface area (TPSA) is 95.9 Å². The van der Waals surface area contributed by atoms with Gasteiger partial charge in [-0.15, -0.1) is 0 Å². The minimum atomic E-state index is -1.02. The van der Waals surface area contributed by atoms with Gasteiger partial charge < -0.3 is 20.3 Å². The van der Waals surface area contributed by atoms with Gasteiger partial charge >= 0.3 is 5.97 Å². The maximum absolute atomic E-state index is 11.7. The normalized spacial score (nSPS) is 29.9. The number of carbonyl (C=O) groups excluding carboxylic acids is 1. The van der Waals surface area contributed by atoms with Crippen LogP contribution in [-0.4, -0.2) is 47.4 Å². The number of carboxylic acids is 1. The van der Waals surface area contributed by atoms with Crippen molar-refractivity contribution in [2.75, 3.05) is 13.2 Å².